The van der Waals surface area contributed by atoms with Gasteiger partial charge in [-0.25, -0.2) is 0 Å². The second-order valence-electron chi connectivity index (χ2n) is 3.33. The maximum atomic E-state index is 2.83. The van der Waals surface area contributed by atoms with Crippen LogP contribution in [0.15, 0.2) is 0 Å². The Balaban J connectivity index is 3.60. The summed E-state index contributed by atoms with van der Waals surface area (Å²) in [4.78, 5) is 0. The lowest BCUT2D eigenvalue weighted by Gasteiger charge is -2.15. The van der Waals surface area contributed by atoms with Gasteiger partial charge in [0.2, 0.25) is 0 Å². The van der Waals surface area contributed by atoms with Crippen LogP contribution >= 0.6 is 18.5 Å². The molecule has 0 aliphatic carbocycles. The Kier molecular flexibility index (Phi) is 2.92. The van der Waals surface area contributed by atoms with Gasteiger partial charge in [0.25, 0.3) is 0 Å². The summed E-state index contributed by atoms with van der Waals surface area (Å²) in [6.45, 7) is 8.71. The molecule has 2 unspecified atom stereocenters. The molecule has 2 heteroatoms. The Morgan fingerprint density at radius 3 is 0.917 bits per heavy atom. The first kappa shape index (κ1) is 10.2. The van der Waals surface area contributed by atoms with E-state index < -0.39 is 0 Å². The molecule has 0 amide bonds. The fourth-order valence-electron chi connectivity index (χ4n) is 1.37. The summed E-state index contributed by atoms with van der Waals surface area (Å²) < 4.78 is 0. The van der Waals surface area contributed by atoms with E-state index in [9.17, 15) is 0 Å². The van der Waals surface area contributed by atoms with Crippen molar-refractivity contribution >= 4 is 29.1 Å². The molecule has 0 aliphatic heterocycles. The smallest absolute Gasteiger partial charge is 0.0239 e. The van der Waals surface area contributed by atoms with Crippen LogP contribution in [0, 0.1) is 27.7 Å². The molecule has 0 fully saturated rings. The van der Waals surface area contributed by atoms with Gasteiger partial charge in [0, 0.05) is 0 Å². The zero-order valence-electron chi connectivity index (χ0n) is 8.15. The van der Waals surface area contributed by atoms with Gasteiger partial charge in [-0.1, -0.05) is 0 Å². The molecule has 0 saturated carbocycles. The minimum Gasteiger partial charge on any atom is -0.105 e. The van der Waals surface area contributed by atoms with Crippen molar-refractivity contribution in [1.29, 1.82) is 0 Å². The Labute approximate surface area is 79.6 Å². The van der Waals surface area contributed by atoms with Crippen LogP contribution in [0.3, 0.4) is 0 Å². The first-order valence-electron chi connectivity index (χ1n) is 4.08. The van der Waals surface area contributed by atoms with Crippen molar-refractivity contribution in [3.63, 3.8) is 0 Å². The molecular formula is C10H16P2. The van der Waals surface area contributed by atoms with Crippen LogP contribution < -0.4 is 10.6 Å². The molecule has 0 aromatic heterocycles. The van der Waals surface area contributed by atoms with Gasteiger partial charge in [0.1, 0.15) is 0 Å². The highest BCUT2D eigenvalue weighted by Gasteiger charge is 2.08. The SMILES string of the molecule is Cc1c(C)c(P)c(C)c(C)c1P. The van der Waals surface area contributed by atoms with E-state index >= 15 is 0 Å². The zero-order valence-corrected chi connectivity index (χ0v) is 10.5. The lowest BCUT2D eigenvalue weighted by molar-refractivity contribution is 1.31. The van der Waals surface area contributed by atoms with Crippen molar-refractivity contribution in [2.24, 2.45) is 0 Å². The van der Waals surface area contributed by atoms with Gasteiger partial charge in [-0.2, -0.15) is 0 Å². The average Bonchev–Trinajstić information content (AvgIpc) is 2.08. The normalized spacial score (nSPS) is 10.5. The van der Waals surface area contributed by atoms with Crippen molar-refractivity contribution in [1.82, 2.24) is 0 Å². The van der Waals surface area contributed by atoms with Crippen LogP contribution in [0.4, 0.5) is 0 Å². The van der Waals surface area contributed by atoms with Gasteiger partial charge in [0.15, 0.2) is 0 Å². The van der Waals surface area contributed by atoms with Crippen LogP contribution in [0.1, 0.15) is 22.3 Å². The van der Waals surface area contributed by atoms with Gasteiger partial charge in [-0.3, -0.25) is 0 Å². The minimum atomic E-state index is 1.36. The number of benzene rings is 1. The van der Waals surface area contributed by atoms with Crippen LogP contribution in [0.5, 0.6) is 0 Å². The monoisotopic (exact) mass is 198 g/mol. The van der Waals surface area contributed by atoms with E-state index in [2.05, 4.69) is 46.2 Å². The van der Waals surface area contributed by atoms with E-state index in [4.69, 9.17) is 0 Å². The zero-order chi connectivity index (χ0) is 9.46. The standard InChI is InChI=1S/C10H16P2/c1-5-6(2)10(12)8(4)7(3)9(5)11/h11-12H2,1-4H3. The van der Waals surface area contributed by atoms with Crippen LogP contribution in [0.25, 0.3) is 0 Å². The molecule has 0 spiro atoms. The summed E-state index contributed by atoms with van der Waals surface area (Å²) >= 11 is 0. The lowest BCUT2D eigenvalue weighted by Crippen LogP contribution is -2.16. The third kappa shape index (κ3) is 1.43. The predicted molar refractivity (Wildman–Crippen MR) is 64.1 cm³/mol. The summed E-state index contributed by atoms with van der Waals surface area (Å²) in [6.07, 6.45) is 0. The molecule has 1 aromatic rings. The summed E-state index contributed by atoms with van der Waals surface area (Å²) in [6, 6.07) is 0. The average molecular weight is 198 g/mol. The van der Waals surface area contributed by atoms with Gasteiger partial charge in [-0.05, 0) is 60.6 Å². The van der Waals surface area contributed by atoms with Crippen LogP contribution in [-0.4, -0.2) is 0 Å². The van der Waals surface area contributed by atoms with Crippen LogP contribution in [-0.2, 0) is 0 Å². The molecule has 2 atom stereocenters. The highest BCUT2D eigenvalue weighted by molar-refractivity contribution is 7.29. The maximum absolute atomic E-state index is 2.83. The summed E-state index contributed by atoms with van der Waals surface area (Å²) in [5.74, 6) is 0. The molecule has 0 heterocycles. The summed E-state index contributed by atoms with van der Waals surface area (Å²) in [5, 5.41) is 2.72. The van der Waals surface area contributed by atoms with E-state index in [0.29, 0.717) is 0 Å². The second-order valence-corrected chi connectivity index (χ2v) is 4.48. The first-order valence-corrected chi connectivity index (χ1v) is 5.23. The van der Waals surface area contributed by atoms with Gasteiger partial charge in [-0.15, -0.1) is 18.5 Å². The first-order chi connectivity index (χ1) is 5.46. The molecule has 0 aliphatic rings. The topological polar surface area (TPSA) is 0 Å². The number of hydrogen-bond donors (Lipinski definition) is 0. The fraction of sp³-hybridized carbons (Fsp3) is 0.400. The largest absolute Gasteiger partial charge is 0.105 e. The molecule has 0 N–H and O–H groups in total. The molecule has 0 radical (unpaired) electrons. The number of rotatable bonds is 0. The molecular weight excluding hydrogens is 182 g/mol. The summed E-state index contributed by atoms with van der Waals surface area (Å²) in [7, 11) is 5.65. The molecule has 0 bridgehead atoms. The molecule has 12 heavy (non-hydrogen) atoms. The van der Waals surface area contributed by atoms with Crippen molar-refractivity contribution < 1.29 is 0 Å². The predicted octanol–water partition coefficient (Wildman–Crippen LogP) is 1.92. The van der Waals surface area contributed by atoms with Crippen LogP contribution in [0.2, 0.25) is 0 Å². The maximum Gasteiger partial charge on any atom is -0.0239 e. The third-order valence-electron chi connectivity index (χ3n) is 2.74. The van der Waals surface area contributed by atoms with E-state index in [1.54, 1.807) is 0 Å². The third-order valence-corrected chi connectivity index (χ3v) is 4.47. The van der Waals surface area contributed by atoms with Gasteiger partial charge in [0.05, 0.1) is 0 Å². The number of hydrogen-bond acceptors (Lipinski definition) is 0. The van der Waals surface area contributed by atoms with E-state index in [1.165, 1.54) is 32.9 Å². The quantitative estimate of drug-likeness (QED) is 0.559. The molecule has 0 saturated heterocycles. The molecule has 1 rings (SSSR count). The Hall–Kier alpha value is 0.0800. The Morgan fingerprint density at radius 2 is 0.750 bits per heavy atom. The second kappa shape index (κ2) is 3.44. The fourth-order valence-corrected chi connectivity index (χ4v) is 2.24. The van der Waals surface area contributed by atoms with Gasteiger partial charge >= 0.3 is 0 Å². The summed E-state index contributed by atoms with van der Waals surface area (Å²) in [5.41, 5.74) is 5.59. The highest BCUT2D eigenvalue weighted by atomic mass is 31.0. The van der Waals surface area contributed by atoms with E-state index in [-0.39, 0.29) is 0 Å². The molecule has 66 valence electrons. The van der Waals surface area contributed by atoms with Crippen molar-refractivity contribution in [3.8, 4) is 0 Å². The molecule has 0 nitrogen and oxygen atoms in total. The molecule has 1 aromatic carbocycles. The highest BCUT2D eigenvalue weighted by Crippen LogP contribution is 2.15. The van der Waals surface area contributed by atoms with Crippen molar-refractivity contribution in [2.45, 2.75) is 27.7 Å². The van der Waals surface area contributed by atoms with Crippen molar-refractivity contribution in [3.05, 3.63) is 22.3 Å². The lowest BCUT2D eigenvalue weighted by atomic mass is 10.0. The Morgan fingerprint density at radius 1 is 0.583 bits per heavy atom. The van der Waals surface area contributed by atoms with Gasteiger partial charge < -0.3 is 0 Å². The van der Waals surface area contributed by atoms with E-state index in [0.717, 1.165) is 0 Å². The van der Waals surface area contributed by atoms with E-state index in [1.807, 2.05) is 0 Å². The van der Waals surface area contributed by atoms with Crippen molar-refractivity contribution in [2.75, 3.05) is 0 Å². The Bertz CT molecular complexity index is 222. The minimum absolute atomic E-state index is 1.36.